The lowest BCUT2D eigenvalue weighted by molar-refractivity contribution is 0.0529. The van der Waals surface area contributed by atoms with Crippen molar-refractivity contribution in [3.8, 4) is 0 Å². The summed E-state index contributed by atoms with van der Waals surface area (Å²) in [5.41, 5.74) is -0.0459. The molecule has 0 rings (SSSR count). The van der Waals surface area contributed by atoms with Crippen molar-refractivity contribution in [2.75, 3.05) is 0 Å². The van der Waals surface area contributed by atoms with E-state index < -0.39 is 0 Å². The van der Waals surface area contributed by atoms with Gasteiger partial charge in [0, 0.05) is 0 Å². The Bertz CT molecular complexity index is 117. The molecule has 0 bridgehead atoms. The molecule has 0 aliphatic rings. The molecule has 0 aromatic rings. The summed E-state index contributed by atoms with van der Waals surface area (Å²) < 4.78 is 5.54. The first-order valence-electron chi connectivity index (χ1n) is 3.81. The van der Waals surface area contributed by atoms with Gasteiger partial charge < -0.3 is 4.74 Å². The van der Waals surface area contributed by atoms with Crippen LogP contribution in [0.2, 0.25) is 0 Å². The van der Waals surface area contributed by atoms with Crippen molar-refractivity contribution in [1.29, 1.82) is 0 Å². The fraction of sp³-hybridized carbons (Fsp3) is 0.778. The van der Waals surface area contributed by atoms with Crippen LogP contribution in [0.4, 0.5) is 0 Å². The molecule has 1 nitrogen and oxygen atoms in total. The van der Waals surface area contributed by atoms with Crippen LogP contribution in [-0.4, -0.2) is 5.60 Å². The molecule has 0 aliphatic heterocycles. The van der Waals surface area contributed by atoms with Crippen LogP contribution >= 0.6 is 0 Å². The molecular formula is C9H18O. The average molecular weight is 142 g/mol. The van der Waals surface area contributed by atoms with Crippen LogP contribution in [0.15, 0.2) is 11.8 Å². The maximum Gasteiger partial charge on any atom is 0.100 e. The molecule has 0 amide bonds. The van der Waals surface area contributed by atoms with E-state index in [0.717, 1.165) is 12.2 Å². The lowest BCUT2D eigenvalue weighted by Crippen LogP contribution is -2.17. The van der Waals surface area contributed by atoms with Crippen LogP contribution in [0.25, 0.3) is 0 Å². The third-order valence-corrected chi connectivity index (χ3v) is 0.959. The Morgan fingerprint density at radius 1 is 1.40 bits per heavy atom. The van der Waals surface area contributed by atoms with Gasteiger partial charge in [-0.3, -0.25) is 0 Å². The lowest BCUT2D eigenvalue weighted by atomic mass is 10.2. The molecule has 0 unspecified atom stereocenters. The van der Waals surface area contributed by atoms with Crippen LogP contribution in [-0.2, 0) is 4.74 Å². The molecule has 0 fully saturated rings. The fourth-order valence-electron chi connectivity index (χ4n) is 0.812. The van der Waals surface area contributed by atoms with Crippen LogP contribution in [0.5, 0.6) is 0 Å². The monoisotopic (exact) mass is 142 g/mol. The summed E-state index contributed by atoms with van der Waals surface area (Å²) in [6.45, 7) is 10.3. The molecule has 0 atom stereocenters. The highest BCUT2D eigenvalue weighted by Crippen LogP contribution is 2.12. The van der Waals surface area contributed by atoms with E-state index >= 15 is 0 Å². The Morgan fingerprint density at radius 2 is 1.90 bits per heavy atom. The first-order valence-corrected chi connectivity index (χ1v) is 3.81. The molecule has 0 aromatic heterocycles. The van der Waals surface area contributed by atoms with Crippen molar-refractivity contribution in [3.63, 3.8) is 0 Å². The quantitative estimate of drug-likeness (QED) is 0.538. The summed E-state index contributed by atoms with van der Waals surface area (Å²) in [6, 6.07) is 0. The lowest BCUT2D eigenvalue weighted by Gasteiger charge is -2.21. The van der Waals surface area contributed by atoms with Gasteiger partial charge in [-0.15, -0.1) is 0 Å². The van der Waals surface area contributed by atoms with Gasteiger partial charge in [0.1, 0.15) is 5.60 Å². The predicted octanol–water partition coefficient (Wildman–Crippen LogP) is 3.12. The SMILES string of the molecule is CC/C=C(\C)OC(C)(C)C. The van der Waals surface area contributed by atoms with Gasteiger partial charge >= 0.3 is 0 Å². The standard InChI is InChI=1S/C9H18O/c1-6-7-8(2)10-9(3,4)5/h7H,6H2,1-5H3/b8-7+. The number of rotatable bonds is 2. The number of hydrogen-bond acceptors (Lipinski definition) is 1. The highest BCUT2D eigenvalue weighted by Gasteiger charge is 2.09. The van der Waals surface area contributed by atoms with E-state index in [-0.39, 0.29) is 5.60 Å². The van der Waals surface area contributed by atoms with E-state index in [4.69, 9.17) is 4.74 Å². The maximum absolute atomic E-state index is 5.54. The van der Waals surface area contributed by atoms with E-state index in [1.54, 1.807) is 0 Å². The van der Waals surface area contributed by atoms with Crippen LogP contribution < -0.4 is 0 Å². The van der Waals surface area contributed by atoms with Gasteiger partial charge in [-0.1, -0.05) is 6.92 Å². The predicted molar refractivity (Wildman–Crippen MR) is 44.9 cm³/mol. The van der Waals surface area contributed by atoms with Gasteiger partial charge in [-0.05, 0) is 40.2 Å². The Kier molecular flexibility index (Phi) is 3.48. The average Bonchev–Trinajstić information content (AvgIpc) is 1.59. The summed E-state index contributed by atoms with van der Waals surface area (Å²) in [5.74, 6) is 1.02. The van der Waals surface area contributed by atoms with Crippen molar-refractivity contribution in [3.05, 3.63) is 11.8 Å². The summed E-state index contributed by atoms with van der Waals surface area (Å²) >= 11 is 0. The van der Waals surface area contributed by atoms with E-state index in [1.807, 2.05) is 6.92 Å². The minimum Gasteiger partial charge on any atom is -0.493 e. The molecule has 10 heavy (non-hydrogen) atoms. The van der Waals surface area contributed by atoms with E-state index in [0.29, 0.717) is 0 Å². The number of ether oxygens (including phenoxy) is 1. The van der Waals surface area contributed by atoms with Gasteiger partial charge in [0.2, 0.25) is 0 Å². The van der Waals surface area contributed by atoms with Crippen LogP contribution in [0.1, 0.15) is 41.0 Å². The summed E-state index contributed by atoms with van der Waals surface area (Å²) in [4.78, 5) is 0. The maximum atomic E-state index is 5.54. The largest absolute Gasteiger partial charge is 0.493 e. The molecule has 0 N–H and O–H groups in total. The second kappa shape index (κ2) is 3.65. The first kappa shape index (κ1) is 9.54. The smallest absolute Gasteiger partial charge is 0.100 e. The third-order valence-electron chi connectivity index (χ3n) is 0.959. The summed E-state index contributed by atoms with van der Waals surface area (Å²) in [7, 11) is 0. The second-order valence-corrected chi connectivity index (χ2v) is 3.44. The van der Waals surface area contributed by atoms with Crippen molar-refractivity contribution in [2.45, 2.75) is 46.6 Å². The second-order valence-electron chi connectivity index (χ2n) is 3.44. The number of allylic oxidation sites excluding steroid dienone is 2. The Balaban J connectivity index is 3.79. The third kappa shape index (κ3) is 5.67. The zero-order valence-electron chi connectivity index (χ0n) is 7.69. The van der Waals surface area contributed by atoms with Crippen molar-refractivity contribution >= 4 is 0 Å². The normalized spacial score (nSPS) is 13.5. The molecule has 1 heteroatoms. The van der Waals surface area contributed by atoms with Crippen LogP contribution in [0.3, 0.4) is 0 Å². The molecule has 0 aliphatic carbocycles. The Labute approximate surface area is 64.1 Å². The van der Waals surface area contributed by atoms with E-state index in [9.17, 15) is 0 Å². The van der Waals surface area contributed by atoms with Crippen LogP contribution in [0, 0.1) is 0 Å². The minimum atomic E-state index is -0.0459. The zero-order chi connectivity index (χ0) is 8.20. The highest BCUT2D eigenvalue weighted by atomic mass is 16.5. The first-order chi connectivity index (χ1) is 4.45. The van der Waals surface area contributed by atoms with Crippen molar-refractivity contribution in [1.82, 2.24) is 0 Å². The number of hydrogen-bond donors (Lipinski definition) is 0. The van der Waals surface area contributed by atoms with Gasteiger partial charge in [-0.2, -0.15) is 0 Å². The molecule has 0 saturated carbocycles. The van der Waals surface area contributed by atoms with Gasteiger partial charge in [0.05, 0.1) is 5.76 Å². The van der Waals surface area contributed by atoms with Crippen molar-refractivity contribution in [2.24, 2.45) is 0 Å². The van der Waals surface area contributed by atoms with Crippen molar-refractivity contribution < 1.29 is 4.74 Å². The molecule has 0 radical (unpaired) electrons. The molecular weight excluding hydrogens is 124 g/mol. The zero-order valence-corrected chi connectivity index (χ0v) is 7.69. The molecule has 0 spiro atoms. The van der Waals surface area contributed by atoms with E-state index in [1.165, 1.54) is 0 Å². The fourth-order valence-corrected chi connectivity index (χ4v) is 0.812. The summed E-state index contributed by atoms with van der Waals surface area (Å²) in [5, 5.41) is 0. The Hall–Kier alpha value is -0.460. The molecule has 60 valence electrons. The molecule has 0 saturated heterocycles. The van der Waals surface area contributed by atoms with E-state index in [2.05, 4.69) is 33.8 Å². The summed E-state index contributed by atoms with van der Waals surface area (Å²) in [6.07, 6.45) is 3.13. The highest BCUT2D eigenvalue weighted by molar-refractivity contribution is 4.89. The van der Waals surface area contributed by atoms with Gasteiger partial charge in [0.15, 0.2) is 0 Å². The minimum absolute atomic E-state index is 0.0459. The topological polar surface area (TPSA) is 9.23 Å². The molecule has 0 heterocycles. The van der Waals surface area contributed by atoms with Gasteiger partial charge in [0.25, 0.3) is 0 Å². The molecule has 0 aromatic carbocycles. The van der Waals surface area contributed by atoms with Gasteiger partial charge in [-0.25, -0.2) is 0 Å². The Morgan fingerprint density at radius 3 is 2.20 bits per heavy atom.